The van der Waals surface area contributed by atoms with E-state index in [-0.39, 0.29) is 11.1 Å². The summed E-state index contributed by atoms with van der Waals surface area (Å²) in [6.07, 6.45) is 2.89. The third kappa shape index (κ3) is 2.85. The molecule has 1 aromatic heterocycles. The summed E-state index contributed by atoms with van der Waals surface area (Å²) in [5.74, 6) is 0.0715. The second kappa shape index (κ2) is 4.76. The molecule has 14 heavy (non-hydrogen) atoms. The Morgan fingerprint density at radius 1 is 1.64 bits per heavy atom. The van der Waals surface area contributed by atoms with Gasteiger partial charge in [-0.1, -0.05) is 11.6 Å². The lowest BCUT2D eigenvalue weighted by molar-refractivity contribution is -0.141. The van der Waals surface area contributed by atoms with Crippen LogP contribution in [0, 0.1) is 0 Å². The van der Waals surface area contributed by atoms with Crippen molar-refractivity contribution in [3.63, 3.8) is 0 Å². The molecule has 5 nitrogen and oxygen atoms in total. The van der Waals surface area contributed by atoms with Gasteiger partial charge in [-0.05, 0) is 6.92 Å². The topological polar surface area (TPSA) is 64.1 Å². The van der Waals surface area contributed by atoms with E-state index in [2.05, 4.69) is 20.0 Å². The minimum Gasteiger partial charge on any atom is -0.467 e. The van der Waals surface area contributed by atoms with Crippen LogP contribution in [0.3, 0.4) is 0 Å². The largest absolute Gasteiger partial charge is 0.467 e. The molecular weight excluding hydrogens is 206 g/mol. The van der Waals surface area contributed by atoms with Crippen molar-refractivity contribution in [3.05, 3.63) is 17.5 Å². The van der Waals surface area contributed by atoms with E-state index in [9.17, 15) is 4.79 Å². The molecule has 1 unspecified atom stereocenters. The smallest absolute Gasteiger partial charge is 0.328 e. The van der Waals surface area contributed by atoms with Gasteiger partial charge in [0.1, 0.15) is 17.0 Å². The number of nitrogens with zero attached hydrogens (tertiary/aromatic N) is 2. The highest BCUT2D eigenvalue weighted by molar-refractivity contribution is 6.29. The molecule has 1 N–H and O–H groups in total. The van der Waals surface area contributed by atoms with E-state index in [4.69, 9.17) is 11.6 Å². The number of carbonyl (C=O) groups is 1. The van der Waals surface area contributed by atoms with Crippen molar-refractivity contribution < 1.29 is 9.53 Å². The molecule has 0 saturated heterocycles. The van der Waals surface area contributed by atoms with Crippen molar-refractivity contribution in [1.29, 1.82) is 0 Å². The van der Waals surface area contributed by atoms with Crippen LogP contribution in [-0.4, -0.2) is 29.1 Å². The molecule has 0 aromatic carbocycles. The summed E-state index contributed by atoms with van der Waals surface area (Å²) in [6.45, 7) is 1.66. The van der Waals surface area contributed by atoms with E-state index in [1.165, 1.54) is 19.5 Å². The first-order valence-corrected chi connectivity index (χ1v) is 4.33. The Balaban J connectivity index is 2.64. The van der Waals surface area contributed by atoms with Gasteiger partial charge in [0.05, 0.1) is 19.5 Å². The number of esters is 1. The number of aromatic nitrogens is 2. The number of nitrogens with one attached hydrogen (secondary N) is 1. The maximum Gasteiger partial charge on any atom is 0.328 e. The highest BCUT2D eigenvalue weighted by Crippen LogP contribution is 2.08. The summed E-state index contributed by atoms with van der Waals surface area (Å²) in [7, 11) is 1.32. The quantitative estimate of drug-likeness (QED) is 0.765. The molecule has 76 valence electrons. The van der Waals surface area contributed by atoms with Gasteiger partial charge in [-0.3, -0.25) is 4.98 Å². The van der Waals surface area contributed by atoms with E-state index < -0.39 is 6.04 Å². The van der Waals surface area contributed by atoms with Crippen LogP contribution in [0.4, 0.5) is 5.82 Å². The third-order valence-electron chi connectivity index (χ3n) is 1.52. The molecule has 0 bridgehead atoms. The number of hydrogen-bond acceptors (Lipinski definition) is 5. The molecule has 0 radical (unpaired) electrons. The zero-order chi connectivity index (χ0) is 10.6. The average molecular weight is 216 g/mol. The van der Waals surface area contributed by atoms with Gasteiger partial charge < -0.3 is 10.1 Å². The lowest BCUT2D eigenvalue weighted by atomic mass is 10.3. The number of rotatable bonds is 3. The normalized spacial score (nSPS) is 11.9. The standard InChI is InChI=1S/C8H10ClN3O2/c1-5(8(13)14-2)11-7-4-10-3-6(9)12-7/h3-5H,1-2H3,(H,11,12). The molecule has 0 spiro atoms. The minimum absolute atomic E-state index is 0.270. The van der Waals surface area contributed by atoms with Gasteiger partial charge in [0, 0.05) is 0 Å². The number of methoxy groups -OCH3 is 1. The summed E-state index contributed by atoms with van der Waals surface area (Å²) >= 11 is 5.61. The Labute approximate surface area is 86.5 Å². The van der Waals surface area contributed by atoms with E-state index in [1.54, 1.807) is 6.92 Å². The van der Waals surface area contributed by atoms with E-state index in [0.717, 1.165) is 0 Å². The van der Waals surface area contributed by atoms with Crippen molar-refractivity contribution in [3.8, 4) is 0 Å². The Bertz CT molecular complexity index is 332. The van der Waals surface area contributed by atoms with Gasteiger partial charge in [-0.15, -0.1) is 0 Å². The molecule has 1 aromatic rings. The van der Waals surface area contributed by atoms with Gasteiger partial charge in [-0.25, -0.2) is 9.78 Å². The van der Waals surface area contributed by atoms with Crippen LogP contribution < -0.4 is 5.32 Å². The maximum absolute atomic E-state index is 11.0. The second-order valence-corrected chi connectivity index (χ2v) is 3.00. The molecule has 1 rings (SSSR count). The Morgan fingerprint density at radius 2 is 2.36 bits per heavy atom. The third-order valence-corrected chi connectivity index (χ3v) is 1.71. The molecule has 0 amide bonds. The van der Waals surface area contributed by atoms with Crippen LogP contribution >= 0.6 is 11.6 Å². The summed E-state index contributed by atoms with van der Waals surface area (Å²) in [6, 6.07) is -0.479. The Hall–Kier alpha value is -1.36. The summed E-state index contributed by atoms with van der Waals surface area (Å²) in [5, 5.41) is 3.07. The molecular formula is C8H10ClN3O2. The molecule has 0 aliphatic carbocycles. The number of ether oxygens (including phenoxy) is 1. The van der Waals surface area contributed by atoms with Gasteiger partial charge in [-0.2, -0.15) is 0 Å². The first-order chi connectivity index (χ1) is 6.63. The summed E-state index contributed by atoms with van der Waals surface area (Å²) in [4.78, 5) is 18.8. The fraction of sp³-hybridized carbons (Fsp3) is 0.375. The fourth-order valence-electron chi connectivity index (χ4n) is 0.869. The number of carbonyl (C=O) groups excluding carboxylic acids is 1. The van der Waals surface area contributed by atoms with Crippen LogP contribution in [0.25, 0.3) is 0 Å². The van der Waals surface area contributed by atoms with Gasteiger partial charge in [0.15, 0.2) is 0 Å². The molecule has 1 heterocycles. The first kappa shape index (κ1) is 10.7. The molecule has 0 saturated carbocycles. The molecule has 0 aliphatic rings. The van der Waals surface area contributed by atoms with Crippen molar-refractivity contribution in [2.45, 2.75) is 13.0 Å². The average Bonchev–Trinajstić information content (AvgIpc) is 2.16. The fourth-order valence-corrected chi connectivity index (χ4v) is 1.02. The SMILES string of the molecule is COC(=O)C(C)Nc1cncc(Cl)n1. The molecule has 0 fully saturated rings. The van der Waals surface area contributed by atoms with Crippen LogP contribution in [0.1, 0.15) is 6.92 Å². The number of anilines is 1. The minimum atomic E-state index is -0.479. The zero-order valence-electron chi connectivity index (χ0n) is 7.82. The van der Waals surface area contributed by atoms with Crippen LogP contribution in [0.5, 0.6) is 0 Å². The van der Waals surface area contributed by atoms with Crippen molar-refractivity contribution in [1.82, 2.24) is 9.97 Å². The predicted octanol–water partition coefficient (Wildman–Crippen LogP) is 1.10. The predicted molar refractivity (Wildman–Crippen MR) is 52.1 cm³/mol. The number of hydrogen-bond donors (Lipinski definition) is 1. The summed E-state index contributed by atoms with van der Waals surface area (Å²) in [5.41, 5.74) is 0. The zero-order valence-corrected chi connectivity index (χ0v) is 8.58. The van der Waals surface area contributed by atoms with Crippen molar-refractivity contribution in [2.24, 2.45) is 0 Å². The maximum atomic E-state index is 11.0. The Morgan fingerprint density at radius 3 is 2.93 bits per heavy atom. The van der Waals surface area contributed by atoms with E-state index in [0.29, 0.717) is 5.82 Å². The second-order valence-electron chi connectivity index (χ2n) is 2.62. The first-order valence-electron chi connectivity index (χ1n) is 3.95. The van der Waals surface area contributed by atoms with Crippen LogP contribution in [0.15, 0.2) is 12.4 Å². The van der Waals surface area contributed by atoms with E-state index in [1.807, 2.05) is 0 Å². The number of halogens is 1. The van der Waals surface area contributed by atoms with Crippen molar-refractivity contribution >= 4 is 23.4 Å². The van der Waals surface area contributed by atoms with E-state index >= 15 is 0 Å². The van der Waals surface area contributed by atoms with Gasteiger partial charge in [0.2, 0.25) is 0 Å². The highest BCUT2D eigenvalue weighted by Gasteiger charge is 2.12. The van der Waals surface area contributed by atoms with Gasteiger partial charge in [0.25, 0.3) is 0 Å². The Kier molecular flexibility index (Phi) is 3.64. The van der Waals surface area contributed by atoms with Crippen LogP contribution in [0.2, 0.25) is 5.15 Å². The van der Waals surface area contributed by atoms with Crippen LogP contribution in [-0.2, 0) is 9.53 Å². The molecule has 6 heteroatoms. The summed E-state index contributed by atoms with van der Waals surface area (Å²) < 4.78 is 4.53. The molecule has 1 atom stereocenters. The molecule has 0 aliphatic heterocycles. The lowest BCUT2D eigenvalue weighted by Crippen LogP contribution is -2.27. The lowest BCUT2D eigenvalue weighted by Gasteiger charge is -2.11. The monoisotopic (exact) mass is 215 g/mol. The highest BCUT2D eigenvalue weighted by atomic mass is 35.5. The van der Waals surface area contributed by atoms with Crippen molar-refractivity contribution in [2.75, 3.05) is 12.4 Å². The van der Waals surface area contributed by atoms with Gasteiger partial charge >= 0.3 is 5.97 Å².